The Morgan fingerprint density at radius 3 is 3.00 bits per heavy atom. The number of nitrogens with one attached hydrogen (secondary N) is 1. The topological polar surface area (TPSA) is 98.3 Å². The number of tetrazole rings is 1. The number of hydrogen-bond acceptors (Lipinski definition) is 5. The highest BCUT2D eigenvalue weighted by molar-refractivity contribution is 5.61. The number of benzene rings is 1. The first-order chi connectivity index (χ1) is 10.3. The molecule has 0 aliphatic heterocycles. The smallest absolute Gasteiger partial charge is 0.143 e. The first-order valence-electron chi connectivity index (χ1n) is 6.90. The van der Waals surface area contributed by atoms with Gasteiger partial charge in [0.05, 0.1) is 17.6 Å². The Balaban J connectivity index is 1.92. The molecule has 0 aliphatic rings. The second-order valence-electron chi connectivity index (χ2n) is 4.83. The van der Waals surface area contributed by atoms with Crippen LogP contribution in [-0.2, 0) is 0 Å². The minimum atomic E-state index is 0.265. The van der Waals surface area contributed by atoms with Crippen LogP contribution in [0.1, 0.15) is 25.1 Å². The quantitative estimate of drug-likeness (QED) is 0.739. The van der Waals surface area contributed by atoms with Gasteiger partial charge in [-0.1, -0.05) is 19.1 Å². The molecule has 2 heterocycles. The van der Waals surface area contributed by atoms with Crippen LogP contribution in [-0.4, -0.2) is 36.7 Å². The van der Waals surface area contributed by atoms with Crippen molar-refractivity contribution in [3.8, 4) is 16.9 Å². The summed E-state index contributed by atoms with van der Waals surface area (Å²) in [5.41, 5.74) is 8.67. The summed E-state index contributed by atoms with van der Waals surface area (Å²) in [4.78, 5) is 7.80. The minimum absolute atomic E-state index is 0.265. The number of nitrogens with zero attached hydrogens (tertiary/aromatic N) is 5. The molecule has 21 heavy (non-hydrogen) atoms. The molecule has 1 unspecified atom stereocenters. The van der Waals surface area contributed by atoms with Crippen molar-refractivity contribution >= 4 is 0 Å². The summed E-state index contributed by atoms with van der Waals surface area (Å²) >= 11 is 0. The maximum atomic E-state index is 5.77. The van der Waals surface area contributed by atoms with Crippen molar-refractivity contribution in [1.29, 1.82) is 0 Å². The van der Waals surface area contributed by atoms with Gasteiger partial charge < -0.3 is 10.7 Å². The van der Waals surface area contributed by atoms with Crippen molar-refractivity contribution in [2.75, 3.05) is 6.54 Å². The Hall–Kier alpha value is -2.54. The van der Waals surface area contributed by atoms with Gasteiger partial charge in [0, 0.05) is 18.0 Å². The van der Waals surface area contributed by atoms with Crippen LogP contribution in [0.15, 0.2) is 36.8 Å². The molecule has 0 bridgehead atoms. The summed E-state index contributed by atoms with van der Waals surface area (Å²) in [7, 11) is 0. The molecular weight excluding hydrogens is 266 g/mol. The molecule has 3 rings (SSSR count). The van der Waals surface area contributed by atoms with Crippen molar-refractivity contribution < 1.29 is 0 Å². The van der Waals surface area contributed by atoms with Crippen molar-refractivity contribution in [2.45, 2.75) is 19.3 Å². The van der Waals surface area contributed by atoms with Gasteiger partial charge in [0.2, 0.25) is 0 Å². The van der Waals surface area contributed by atoms with E-state index >= 15 is 0 Å². The molecule has 7 heteroatoms. The lowest BCUT2D eigenvalue weighted by molar-refractivity contribution is 0.639. The molecule has 0 spiro atoms. The predicted molar refractivity (Wildman–Crippen MR) is 78.8 cm³/mol. The van der Waals surface area contributed by atoms with E-state index in [4.69, 9.17) is 5.73 Å². The lowest BCUT2D eigenvalue weighted by Gasteiger charge is -2.08. The van der Waals surface area contributed by atoms with Gasteiger partial charge in [0.25, 0.3) is 0 Å². The highest BCUT2D eigenvalue weighted by atomic mass is 15.5. The molecule has 2 aromatic heterocycles. The number of aromatic amines is 1. The summed E-state index contributed by atoms with van der Waals surface area (Å²) in [6.45, 7) is 2.70. The molecule has 3 aromatic rings. The van der Waals surface area contributed by atoms with E-state index < -0.39 is 0 Å². The Bertz CT molecular complexity index is 698. The van der Waals surface area contributed by atoms with E-state index in [1.807, 2.05) is 30.5 Å². The molecule has 0 aliphatic carbocycles. The van der Waals surface area contributed by atoms with Crippen molar-refractivity contribution in [1.82, 2.24) is 30.2 Å². The van der Waals surface area contributed by atoms with Crippen molar-refractivity contribution in [3.63, 3.8) is 0 Å². The molecule has 7 nitrogen and oxygen atoms in total. The van der Waals surface area contributed by atoms with Crippen molar-refractivity contribution in [2.24, 2.45) is 5.73 Å². The minimum Gasteiger partial charge on any atom is -0.342 e. The monoisotopic (exact) mass is 283 g/mol. The van der Waals surface area contributed by atoms with E-state index in [1.54, 1.807) is 11.0 Å². The summed E-state index contributed by atoms with van der Waals surface area (Å²) in [5, 5.41) is 11.2. The van der Waals surface area contributed by atoms with Crippen LogP contribution in [0.25, 0.3) is 16.9 Å². The lowest BCUT2D eigenvalue weighted by atomic mass is 10.1. The van der Waals surface area contributed by atoms with Crippen LogP contribution in [0.2, 0.25) is 0 Å². The SMILES string of the molecule is CCC(CN)c1ncc(-c2cccc(-n3cnnn3)c2)[nH]1. The number of aromatic nitrogens is 6. The van der Waals surface area contributed by atoms with Gasteiger partial charge in [-0.15, -0.1) is 5.10 Å². The number of hydrogen-bond donors (Lipinski definition) is 2. The third-order valence-electron chi connectivity index (χ3n) is 3.53. The third kappa shape index (κ3) is 2.68. The zero-order chi connectivity index (χ0) is 14.7. The van der Waals surface area contributed by atoms with Crippen LogP contribution in [0.3, 0.4) is 0 Å². The summed E-state index contributed by atoms with van der Waals surface area (Å²) in [6, 6.07) is 7.95. The molecule has 0 saturated heterocycles. The Kier molecular flexibility index (Phi) is 3.74. The van der Waals surface area contributed by atoms with Gasteiger partial charge in [-0.2, -0.15) is 0 Å². The third-order valence-corrected chi connectivity index (χ3v) is 3.53. The largest absolute Gasteiger partial charge is 0.342 e. The fraction of sp³-hybridized carbons (Fsp3) is 0.286. The number of nitrogens with two attached hydrogens (primary N) is 1. The average molecular weight is 283 g/mol. The highest BCUT2D eigenvalue weighted by Crippen LogP contribution is 2.23. The lowest BCUT2D eigenvalue weighted by Crippen LogP contribution is -2.12. The predicted octanol–water partition coefficient (Wildman–Crippen LogP) is 1.50. The Labute approximate surface area is 122 Å². The molecule has 0 amide bonds. The summed E-state index contributed by atoms with van der Waals surface area (Å²) in [6.07, 6.45) is 4.37. The first-order valence-corrected chi connectivity index (χ1v) is 6.90. The average Bonchev–Trinajstić information content (AvgIpc) is 3.21. The van der Waals surface area contributed by atoms with Gasteiger partial charge in [-0.05, 0) is 29.0 Å². The van der Waals surface area contributed by atoms with E-state index in [2.05, 4.69) is 32.4 Å². The van der Waals surface area contributed by atoms with Crippen LogP contribution in [0.5, 0.6) is 0 Å². The van der Waals surface area contributed by atoms with Gasteiger partial charge >= 0.3 is 0 Å². The first kappa shape index (κ1) is 13.4. The number of imidazole rings is 1. The summed E-state index contributed by atoms with van der Waals surface area (Å²) in [5.74, 6) is 1.20. The van der Waals surface area contributed by atoms with Gasteiger partial charge in [0.1, 0.15) is 12.2 Å². The fourth-order valence-corrected chi connectivity index (χ4v) is 2.26. The standard InChI is InChI=1S/C14H17N7/c1-2-10(7-15)14-16-8-13(18-14)11-4-3-5-12(6-11)21-9-17-19-20-21/h3-6,8-10H,2,7,15H2,1H3,(H,16,18). The molecule has 1 aromatic carbocycles. The maximum Gasteiger partial charge on any atom is 0.143 e. The molecule has 0 fully saturated rings. The van der Waals surface area contributed by atoms with Crippen LogP contribution < -0.4 is 5.73 Å². The van der Waals surface area contributed by atoms with Gasteiger partial charge in [-0.3, -0.25) is 0 Å². The van der Waals surface area contributed by atoms with E-state index in [9.17, 15) is 0 Å². The zero-order valence-electron chi connectivity index (χ0n) is 11.8. The maximum absolute atomic E-state index is 5.77. The second kappa shape index (κ2) is 5.84. The number of H-pyrrole nitrogens is 1. The summed E-state index contributed by atoms with van der Waals surface area (Å²) < 4.78 is 1.62. The fourth-order valence-electron chi connectivity index (χ4n) is 2.26. The van der Waals surface area contributed by atoms with E-state index in [-0.39, 0.29) is 5.92 Å². The second-order valence-corrected chi connectivity index (χ2v) is 4.83. The Morgan fingerprint density at radius 1 is 1.38 bits per heavy atom. The van der Waals surface area contributed by atoms with Crippen molar-refractivity contribution in [3.05, 3.63) is 42.6 Å². The molecule has 0 saturated carbocycles. The van der Waals surface area contributed by atoms with E-state index in [1.165, 1.54) is 0 Å². The van der Waals surface area contributed by atoms with Crippen LogP contribution in [0.4, 0.5) is 0 Å². The Morgan fingerprint density at radius 2 is 2.29 bits per heavy atom. The zero-order valence-corrected chi connectivity index (χ0v) is 11.8. The van der Waals surface area contributed by atoms with Crippen LogP contribution >= 0.6 is 0 Å². The van der Waals surface area contributed by atoms with Crippen LogP contribution in [0, 0.1) is 0 Å². The molecule has 1 atom stereocenters. The molecular formula is C14H17N7. The van der Waals surface area contributed by atoms with Gasteiger partial charge in [0.15, 0.2) is 0 Å². The molecule has 3 N–H and O–H groups in total. The normalized spacial score (nSPS) is 12.5. The van der Waals surface area contributed by atoms with E-state index in [0.717, 1.165) is 29.2 Å². The number of rotatable bonds is 5. The molecule has 0 radical (unpaired) electrons. The highest BCUT2D eigenvalue weighted by Gasteiger charge is 2.12. The molecule has 108 valence electrons. The van der Waals surface area contributed by atoms with E-state index in [0.29, 0.717) is 6.54 Å². The van der Waals surface area contributed by atoms with Gasteiger partial charge in [-0.25, -0.2) is 9.67 Å².